The first-order valence-electron chi connectivity index (χ1n) is 9.03. The molecular formula is C18H33IN6. The normalized spacial score (nSPS) is 17.6. The number of pyridine rings is 1. The standard InChI is InChI=1S/C18H32N6.HI/c1-4-23-11-13-24(14-12-23)16(2)15-22-18(19-3)21-10-8-17-7-5-6-9-20-17;/h5-7,9,16H,4,8,10-15H2,1-3H3,(H2,19,21,22);1H. The molecule has 25 heavy (non-hydrogen) atoms. The lowest BCUT2D eigenvalue weighted by Gasteiger charge is -2.37. The van der Waals surface area contributed by atoms with E-state index in [0.717, 1.165) is 50.8 Å². The molecule has 1 aliphatic heterocycles. The summed E-state index contributed by atoms with van der Waals surface area (Å²) in [6.45, 7) is 12.1. The van der Waals surface area contributed by atoms with Crippen molar-refractivity contribution < 1.29 is 0 Å². The number of guanidine groups is 1. The van der Waals surface area contributed by atoms with Crippen LogP contribution in [0, 0.1) is 0 Å². The second-order valence-electron chi connectivity index (χ2n) is 6.27. The highest BCUT2D eigenvalue weighted by molar-refractivity contribution is 14.0. The molecule has 0 aromatic carbocycles. The first-order valence-corrected chi connectivity index (χ1v) is 9.03. The third-order valence-electron chi connectivity index (χ3n) is 4.67. The molecule has 2 N–H and O–H groups in total. The van der Waals surface area contributed by atoms with E-state index >= 15 is 0 Å². The number of piperazine rings is 1. The van der Waals surface area contributed by atoms with Crippen molar-refractivity contribution in [1.82, 2.24) is 25.4 Å². The maximum Gasteiger partial charge on any atom is 0.191 e. The first-order chi connectivity index (χ1) is 11.7. The second-order valence-corrected chi connectivity index (χ2v) is 6.27. The quantitative estimate of drug-likeness (QED) is 0.367. The molecule has 0 amide bonds. The molecule has 1 saturated heterocycles. The van der Waals surface area contributed by atoms with E-state index in [4.69, 9.17) is 0 Å². The van der Waals surface area contributed by atoms with E-state index in [1.54, 1.807) is 0 Å². The van der Waals surface area contributed by atoms with Crippen molar-refractivity contribution in [2.45, 2.75) is 26.3 Å². The van der Waals surface area contributed by atoms with Crippen molar-refractivity contribution >= 4 is 29.9 Å². The van der Waals surface area contributed by atoms with Crippen LogP contribution in [0.1, 0.15) is 19.5 Å². The zero-order valence-corrected chi connectivity index (χ0v) is 18.1. The number of halogens is 1. The molecule has 0 saturated carbocycles. The predicted octanol–water partition coefficient (Wildman–Crippen LogP) is 1.43. The van der Waals surface area contributed by atoms with Crippen LogP contribution in [0.4, 0.5) is 0 Å². The van der Waals surface area contributed by atoms with Gasteiger partial charge in [-0.05, 0) is 25.6 Å². The Hall–Kier alpha value is -0.930. The van der Waals surface area contributed by atoms with E-state index < -0.39 is 0 Å². The number of likely N-dealkylation sites (N-methyl/N-ethyl adjacent to an activating group) is 1. The fourth-order valence-electron chi connectivity index (χ4n) is 2.97. The Labute approximate surface area is 169 Å². The van der Waals surface area contributed by atoms with Crippen LogP contribution in [0.15, 0.2) is 29.4 Å². The molecule has 1 aromatic heterocycles. The smallest absolute Gasteiger partial charge is 0.191 e. The van der Waals surface area contributed by atoms with Crippen molar-refractivity contribution in [2.24, 2.45) is 4.99 Å². The molecule has 142 valence electrons. The molecule has 0 radical (unpaired) electrons. The van der Waals surface area contributed by atoms with Gasteiger partial charge in [-0.15, -0.1) is 24.0 Å². The topological polar surface area (TPSA) is 55.8 Å². The minimum absolute atomic E-state index is 0. The van der Waals surface area contributed by atoms with Crippen molar-refractivity contribution in [3.8, 4) is 0 Å². The molecule has 7 heteroatoms. The summed E-state index contributed by atoms with van der Waals surface area (Å²) in [5.74, 6) is 0.866. The summed E-state index contributed by atoms with van der Waals surface area (Å²) in [6, 6.07) is 6.53. The second kappa shape index (κ2) is 12.4. The van der Waals surface area contributed by atoms with Gasteiger partial charge in [-0.3, -0.25) is 14.9 Å². The number of rotatable bonds is 7. The Morgan fingerprint density at radius 2 is 2.00 bits per heavy atom. The van der Waals surface area contributed by atoms with Crippen LogP contribution < -0.4 is 10.6 Å². The summed E-state index contributed by atoms with van der Waals surface area (Å²) in [7, 11) is 1.82. The minimum Gasteiger partial charge on any atom is -0.356 e. The Bertz CT molecular complexity index is 488. The summed E-state index contributed by atoms with van der Waals surface area (Å²) in [5, 5.41) is 6.81. The molecule has 1 aromatic rings. The predicted molar refractivity (Wildman–Crippen MR) is 116 cm³/mol. The number of aromatic nitrogens is 1. The molecular weight excluding hydrogens is 427 g/mol. The summed E-state index contributed by atoms with van der Waals surface area (Å²) in [4.78, 5) is 13.7. The van der Waals surface area contributed by atoms with E-state index in [1.165, 1.54) is 13.1 Å². The van der Waals surface area contributed by atoms with E-state index in [9.17, 15) is 0 Å². The number of hydrogen-bond acceptors (Lipinski definition) is 4. The van der Waals surface area contributed by atoms with Crippen molar-refractivity contribution in [1.29, 1.82) is 0 Å². The first kappa shape index (κ1) is 22.1. The lowest BCUT2D eigenvalue weighted by Crippen LogP contribution is -2.53. The van der Waals surface area contributed by atoms with Gasteiger partial charge in [0.25, 0.3) is 0 Å². The van der Waals surface area contributed by atoms with Crippen LogP contribution in [0.3, 0.4) is 0 Å². The van der Waals surface area contributed by atoms with Gasteiger partial charge in [0, 0.05) is 70.7 Å². The summed E-state index contributed by atoms with van der Waals surface area (Å²) in [5.41, 5.74) is 1.10. The van der Waals surface area contributed by atoms with E-state index in [1.807, 2.05) is 25.4 Å². The van der Waals surface area contributed by atoms with Gasteiger partial charge in [0.05, 0.1) is 0 Å². The molecule has 2 heterocycles. The Morgan fingerprint density at radius 3 is 2.60 bits per heavy atom. The van der Waals surface area contributed by atoms with Crippen LogP contribution in [-0.4, -0.2) is 79.6 Å². The third-order valence-corrected chi connectivity index (χ3v) is 4.67. The zero-order chi connectivity index (χ0) is 17.2. The Balaban J connectivity index is 0.00000312. The third kappa shape index (κ3) is 7.87. The molecule has 0 bridgehead atoms. The average molecular weight is 460 g/mol. The van der Waals surface area contributed by atoms with Crippen LogP contribution in [0.25, 0.3) is 0 Å². The number of nitrogens with one attached hydrogen (secondary N) is 2. The molecule has 0 spiro atoms. The minimum atomic E-state index is 0. The summed E-state index contributed by atoms with van der Waals surface area (Å²) >= 11 is 0. The van der Waals surface area contributed by atoms with Crippen LogP contribution in [-0.2, 0) is 6.42 Å². The number of aliphatic imine (C=N–C) groups is 1. The monoisotopic (exact) mass is 460 g/mol. The molecule has 1 atom stereocenters. The van der Waals surface area contributed by atoms with Gasteiger partial charge in [0.15, 0.2) is 5.96 Å². The molecule has 1 fully saturated rings. The Kier molecular flexibility index (Phi) is 11.0. The molecule has 0 aliphatic carbocycles. The fourth-order valence-corrected chi connectivity index (χ4v) is 2.97. The average Bonchev–Trinajstić information content (AvgIpc) is 2.65. The van der Waals surface area contributed by atoms with Crippen LogP contribution >= 0.6 is 24.0 Å². The lowest BCUT2D eigenvalue weighted by atomic mass is 10.2. The van der Waals surface area contributed by atoms with Crippen molar-refractivity contribution in [2.75, 3.05) is 52.9 Å². The van der Waals surface area contributed by atoms with Crippen molar-refractivity contribution in [3.05, 3.63) is 30.1 Å². The molecule has 1 aliphatic rings. The fraction of sp³-hybridized carbons (Fsp3) is 0.667. The summed E-state index contributed by atoms with van der Waals surface area (Å²) < 4.78 is 0. The van der Waals surface area contributed by atoms with Crippen LogP contribution in [0.5, 0.6) is 0 Å². The number of hydrogen-bond donors (Lipinski definition) is 2. The highest BCUT2D eigenvalue weighted by Crippen LogP contribution is 2.05. The maximum absolute atomic E-state index is 4.34. The van der Waals surface area contributed by atoms with Crippen LogP contribution in [0.2, 0.25) is 0 Å². The van der Waals surface area contributed by atoms with Gasteiger partial charge in [0.2, 0.25) is 0 Å². The molecule has 1 unspecified atom stereocenters. The summed E-state index contributed by atoms with van der Waals surface area (Å²) in [6.07, 6.45) is 2.73. The van der Waals surface area contributed by atoms with Gasteiger partial charge < -0.3 is 15.5 Å². The lowest BCUT2D eigenvalue weighted by molar-refractivity contribution is 0.107. The highest BCUT2D eigenvalue weighted by Gasteiger charge is 2.20. The van der Waals surface area contributed by atoms with E-state index in [0.29, 0.717) is 6.04 Å². The van der Waals surface area contributed by atoms with Gasteiger partial charge in [0.1, 0.15) is 0 Å². The SMILES string of the molecule is CCN1CCN(C(C)CNC(=NC)NCCc2ccccn2)CC1.I. The van der Waals surface area contributed by atoms with Gasteiger partial charge >= 0.3 is 0 Å². The zero-order valence-electron chi connectivity index (χ0n) is 15.7. The number of nitrogens with zero attached hydrogens (tertiary/aromatic N) is 4. The maximum atomic E-state index is 4.34. The van der Waals surface area contributed by atoms with E-state index in [2.05, 4.69) is 50.3 Å². The van der Waals surface area contributed by atoms with Gasteiger partial charge in [-0.2, -0.15) is 0 Å². The Morgan fingerprint density at radius 1 is 1.24 bits per heavy atom. The van der Waals surface area contributed by atoms with Gasteiger partial charge in [-0.1, -0.05) is 13.0 Å². The molecule has 6 nitrogen and oxygen atoms in total. The van der Waals surface area contributed by atoms with Gasteiger partial charge in [-0.25, -0.2) is 0 Å². The molecule has 2 rings (SSSR count). The largest absolute Gasteiger partial charge is 0.356 e. The van der Waals surface area contributed by atoms with E-state index in [-0.39, 0.29) is 24.0 Å². The highest BCUT2D eigenvalue weighted by atomic mass is 127. The van der Waals surface area contributed by atoms with Crippen molar-refractivity contribution in [3.63, 3.8) is 0 Å².